The number of ether oxygens (including phenoxy) is 1. The number of aromatic nitrogens is 5. The minimum absolute atomic E-state index is 0.0357. The van der Waals surface area contributed by atoms with Crippen LogP contribution in [0.1, 0.15) is 37.4 Å². The number of hydrogen-bond donors (Lipinski definition) is 1. The van der Waals surface area contributed by atoms with Crippen LogP contribution in [0.2, 0.25) is 0 Å². The molecule has 1 N–H and O–H groups in total. The highest BCUT2D eigenvalue weighted by atomic mass is 19.3. The van der Waals surface area contributed by atoms with Gasteiger partial charge >= 0.3 is 5.69 Å². The third-order valence-electron chi connectivity index (χ3n) is 6.87. The van der Waals surface area contributed by atoms with Crippen LogP contribution in [0.4, 0.5) is 13.2 Å². The molecule has 0 aliphatic heterocycles. The molecule has 1 aliphatic rings. The van der Waals surface area contributed by atoms with E-state index in [1.54, 1.807) is 42.7 Å². The molecule has 0 amide bonds. The summed E-state index contributed by atoms with van der Waals surface area (Å²) in [7, 11) is 0. The van der Waals surface area contributed by atoms with Crippen molar-refractivity contribution < 1.29 is 23.0 Å². The lowest BCUT2D eigenvalue weighted by Crippen LogP contribution is -2.43. The molecule has 3 heterocycles. The number of imidazole rings is 1. The molecule has 0 unspecified atom stereocenters. The van der Waals surface area contributed by atoms with Gasteiger partial charge in [-0.1, -0.05) is 12.1 Å². The van der Waals surface area contributed by atoms with Crippen LogP contribution < -0.4 is 16.0 Å². The normalized spacial score (nSPS) is 15.0. The maximum absolute atomic E-state index is 13.6. The van der Waals surface area contributed by atoms with Crippen LogP contribution in [-0.2, 0) is 19.6 Å². The molecule has 1 aromatic carbocycles. The summed E-state index contributed by atoms with van der Waals surface area (Å²) in [6, 6.07) is 9.09. The SMILES string of the molecule is CCn1c(=O)n(CCCO)c(=O)c2c1nc(-c1ccc(OC3CC(F)(F)C3)nc1C)n2Cc1ccc(F)cc1. The summed E-state index contributed by atoms with van der Waals surface area (Å²) in [5.41, 5.74) is 1.04. The number of fused-ring (bicyclic) bond motifs is 1. The van der Waals surface area contributed by atoms with Gasteiger partial charge in [-0.05, 0) is 44.0 Å². The van der Waals surface area contributed by atoms with Crippen LogP contribution in [0.15, 0.2) is 46.0 Å². The number of aliphatic hydroxyl groups excluding tert-OH is 1. The number of alkyl halides is 2. The molecule has 4 aromatic rings. The van der Waals surface area contributed by atoms with E-state index in [0.717, 1.165) is 4.57 Å². The van der Waals surface area contributed by atoms with Gasteiger partial charge in [-0.15, -0.1) is 0 Å². The number of benzene rings is 1. The van der Waals surface area contributed by atoms with Crippen LogP contribution in [0.25, 0.3) is 22.6 Å². The Labute approximate surface area is 221 Å². The van der Waals surface area contributed by atoms with E-state index < -0.39 is 29.1 Å². The van der Waals surface area contributed by atoms with E-state index >= 15 is 0 Å². The summed E-state index contributed by atoms with van der Waals surface area (Å²) >= 11 is 0. The highest BCUT2D eigenvalue weighted by molar-refractivity contribution is 5.78. The smallest absolute Gasteiger partial charge is 0.332 e. The van der Waals surface area contributed by atoms with Gasteiger partial charge < -0.3 is 14.4 Å². The summed E-state index contributed by atoms with van der Waals surface area (Å²) in [6.45, 7) is 3.73. The molecule has 12 heteroatoms. The van der Waals surface area contributed by atoms with Crippen molar-refractivity contribution >= 4 is 11.2 Å². The highest BCUT2D eigenvalue weighted by Gasteiger charge is 2.47. The summed E-state index contributed by atoms with van der Waals surface area (Å²) in [5.74, 6) is -2.56. The van der Waals surface area contributed by atoms with Gasteiger partial charge in [0.25, 0.3) is 11.5 Å². The van der Waals surface area contributed by atoms with Crippen molar-refractivity contribution in [2.24, 2.45) is 0 Å². The van der Waals surface area contributed by atoms with E-state index in [9.17, 15) is 27.9 Å². The molecule has 0 bridgehead atoms. The number of halogens is 3. The Kier molecular flexibility index (Phi) is 7.06. The summed E-state index contributed by atoms with van der Waals surface area (Å²) in [6.07, 6.45) is -1.11. The fourth-order valence-corrected chi connectivity index (χ4v) is 4.83. The van der Waals surface area contributed by atoms with E-state index in [1.807, 2.05) is 0 Å². The lowest BCUT2D eigenvalue weighted by atomic mass is 9.91. The number of rotatable bonds is 9. The number of nitrogens with zero attached hydrogens (tertiary/aromatic N) is 5. The van der Waals surface area contributed by atoms with Gasteiger partial charge in [-0.2, -0.15) is 0 Å². The number of aryl methyl sites for hydroxylation is 2. The van der Waals surface area contributed by atoms with Gasteiger partial charge in [0, 0.05) is 50.7 Å². The van der Waals surface area contributed by atoms with Crippen LogP contribution >= 0.6 is 0 Å². The van der Waals surface area contributed by atoms with Crippen molar-refractivity contribution in [2.45, 2.75) is 64.8 Å². The van der Waals surface area contributed by atoms with Gasteiger partial charge in [0.15, 0.2) is 11.2 Å². The Bertz CT molecular complexity index is 1630. The zero-order valence-corrected chi connectivity index (χ0v) is 21.5. The molecule has 206 valence electrons. The number of hydrogen-bond acceptors (Lipinski definition) is 6. The standard InChI is InChI=1S/C27H28F3N5O4/c1-3-33-24-22(25(37)34(26(33)38)11-4-12-36)35(15-17-5-7-18(28)8-6-17)23(32-24)20-9-10-21(31-16(20)2)39-19-13-27(29,30)14-19/h5-10,19,36H,3-4,11-15H2,1-2H3. The zero-order valence-electron chi connectivity index (χ0n) is 21.5. The predicted molar refractivity (Wildman–Crippen MR) is 138 cm³/mol. The van der Waals surface area contributed by atoms with E-state index in [2.05, 4.69) is 4.98 Å². The van der Waals surface area contributed by atoms with Crippen LogP contribution in [-0.4, -0.2) is 47.4 Å². The van der Waals surface area contributed by atoms with E-state index in [0.29, 0.717) is 22.6 Å². The Morgan fingerprint density at radius 3 is 2.38 bits per heavy atom. The molecule has 1 saturated carbocycles. The Morgan fingerprint density at radius 1 is 1.05 bits per heavy atom. The zero-order chi connectivity index (χ0) is 27.9. The second-order valence-electron chi connectivity index (χ2n) is 9.67. The molecule has 9 nitrogen and oxygen atoms in total. The van der Waals surface area contributed by atoms with Crippen molar-refractivity contribution in [1.82, 2.24) is 23.7 Å². The minimum atomic E-state index is -2.72. The van der Waals surface area contributed by atoms with Crippen LogP contribution in [0, 0.1) is 12.7 Å². The second-order valence-corrected chi connectivity index (χ2v) is 9.67. The quantitative estimate of drug-likeness (QED) is 0.347. The van der Waals surface area contributed by atoms with Crippen molar-refractivity contribution in [2.75, 3.05) is 6.61 Å². The molecule has 0 saturated heterocycles. The molecule has 0 atom stereocenters. The maximum Gasteiger partial charge on any atom is 0.332 e. The summed E-state index contributed by atoms with van der Waals surface area (Å²) in [4.78, 5) is 36.0. The van der Waals surface area contributed by atoms with Gasteiger partial charge in [-0.25, -0.2) is 27.9 Å². The fourth-order valence-electron chi connectivity index (χ4n) is 4.83. The first-order valence-electron chi connectivity index (χ1n) is 12.7. The Balaban J connectivity index is 1.67. The van der Waals surface area contributed by atoms with Crippen molar-refractivity contribution in [3.8, 4) is 17.3 Å². The van der Waals surface area contributed by atoms with Crippen LogP contribution in [0.5, 0.6) is 5.88 Å². The predicted octanol–water partition coefficient (Wildman–Crippen LogP) is 3.50. The van der Waals surface area contributed by atoms with Crippen molar-refractivity contribution in [1.29, 1.82) is 0 Å². The minimum Gasteiger partial charge on any atom is -0.474 e. The Morgan fingerprint density at radius 2 is 1.77 bits per heavy atom. The number of aliphatic hydroxyl groups is 1. The lowest BCUT2D eigenvalue weighted by Gasteiger charge is -2.34. The first-order chi connectivity index (χ1) is 18.6. The summed E-state index contributed by atoms with van der Waals surface area (Å²) in [5, 5.41) is 9.30. The average molecular weight is 544 g/mol. The third kappa shape index (κ3) is 5.08. The van der Waals surface area contributed by atoms with E-state index in [4.69, 9.17) is 9.72 Å². The molecule has 1 fully saturated rings. The highest BCUT2D eigenvalue weighted by Crippen LogP contribution is 2.39. The number of pyridine rings is 1. The van der Waals surface area contributed by atoms with E-state index in [-0.39, 0.29) is 62.5 Å². The van der Waals surface area contributed by atoms with Crippen molar-refractivity contribution in [3.05, 3.63) is 74.3 Å². The average Bonchev–Trinajstić information content (AvgIpc) is 3.23. The van der Waals surface area contributed by atoms with Crippen LogP contribution in [0.3, 0.4) is 0 Å². The molecule has 0 spiro atoms. The first kappa shape index (κ1) is 26.7. The molecule has 0 radical (unpaired) electrons. The first-order valence-corrected chi connectivity index (χ1v) is 12.7. The molecule has 1 aliphatic carbocycles. The fraction of sp³-hybridized carbons (Fsp3) is 0.407. The second kappa shape index (κ2) is 10.3. The molecule has 39 heavy (non-hydrogen) atoms. The maximum atomic E-state index is 13.6. The largest absolute Gasteiger partial charge is 0.474 e. The monoisotopic (exact) mass is 543 g/mol. The summed E-state index contributed by atoms with van der Waals surface area (Å²) < 4.78 is 49.8. The molecular weight excluding hydrogens is 515 g/mol. The molecule has 3 aromatic heterocycles. The van der Waals surface area contributed by atoms with Gasteiger partial charge in [0.1, 0.15) is 17.7 Å². The Hall–Kier alpha value is -3.93. The van der Waals surface area contributed by atoms with Gasteiger partial charge in [0.05, 0.1) is 5.69 Å². The van der Waals surface area contributed by atoms with Gasteiger partial charge in [-0.3, -0.25) is 13.9 Å². The van der Waals surface area contributed by atoms with E-state index in [1.165, 1.54) is 16.7 Å². The van der Waals surface area contributed by atoms with Gasteiger partial charge in [0.2, 0.25) is 5.88 Å². The molecular formula is C27H28F3N5O4. The molecule has 5 rings (SSSR count). The topological polar surface area (TPSA) is 104 Å². The third-order valence-corrected chi connectivity index (χ3v) is 6.87. The van der Waals surface area contributed by atoms with Crippen molar-refractivity contribution in [3.63, 3.8) is 0 Å². The lowest BCUT2D eigenvalue weighted by molar-refractivity contribution is -0.135.